The monoisotopic (exact) mass is 122 g/mol. The Balaban J connectivity index is 0. The van der Waals surface area contributed by atoms with Crippen molar-refractivity contribution in [3.05, 3.63) is 0 Å². The van der Waals surface area contributed by atoms with Crippen LogP contribution >= 0.6 is 0 Å². The summed E-state index contributed by atoms with van der Waals surface area (Å²) in [5.74, 6) is -0.690. The SMILES string of the molecule is CC(=O)OO.O=CO. The first-order valence-corrected chi connectivity index (χ1v) is 1.58. The van der Waals surface area contributed by atoms with Crippen LogP contribution in [0, 0.1) is 0 Å². The largest absolute Gasteiger partial charge is 0.483 e. The van der Waals surface area contributed by atoms with E-state index in [0.717, 1.165) is 6.92 Å². The Labute approximate surface area is 45.4 Å². The summed E-state index contributed by atoms with van der Waals surface area (Å²) in [4.78, 5) is 20.8. The van der Waals surface area contributed by atoms with E-state index in [0.29, 0.717) is 0 Å². The first-order chi connectivity index (χ1) is 3.68. The minimum Gasteiger partial charge on any atom is -0.483 e. The van der Waals surface area contributed by atoms with E-state index in [4.69, 9.17) is 15.2 Å². The van der Waals surface area contributed by atoms with E-state index >= 15 is 0 Å². The highest BCUT2D eigenvalue weighted by Crippen LogP contribution is 1.59. The van der Waals surface area contributed by atoms with Crippen LogP contribution in [-0.2, 0) is 14.5 Å². The van der Waals surface area contributed by atoms with E-state index in [9.17, 15) is 4.79 Å². The van der Waals surface area contributed by atoms with Crippen molar-refractivity contribution >= 4 is 12.4 Å². The summed E-state index contributed by atoms with van der Waals surface area (Å²) in [6.07, 6.45) is 0. The van der Waals surface area contributed by atoms with Crippen molar-refractivity contribution in [2.24, 2.45) is 0 Å². The summed E-state index contributed by atoms with van der Waals surface area (Å²) in [5, 5.41) is 14.2. The Kier molecular flexibility index (Phi) is 11.6. The lowest BCUT2D eigenvalue weighted by atomic mass is 10.9. The molecule has 0 fully saturated rings. The van der Waals surface area contributed by atoms with Gasteiger partial charge in [0.05, 0.1) is 0 Å². The molecule has 0 saturated heterocycles. The Morgan fingerprint density at radius 3 is 1.88 bits per heavy atom. The molecule has 0 aromatic carbocycles. The summed E-state index contributed by atoms with van der Waals surface area (Å²) in [7, 11) is 0. The van der Waals surface area contributed by atoms with Crippen LogP contribution in [0.4, 0.5) is 0 Å². The van der Waals surface area contributed by atoms with Gasteiger partial charge in [-0.15, -0.1) is 0 Å². The average molecular weight is 122 g/mol. The molecule has 0 aromatic heterocycles. The van der Waals surface area contributed by atoms with E-state index in [1.54, 1.807) is 0 Å². The predicted molar refractivity (Wildman–Crippen MR) is 23.1 cm³/mol. The maximum absolute atomic E-state index is 9.34. The lowest BCUT2D eigenvalue weighted by Crippen LogP contribution is -1.89. The number of carbonyl (C=O) groups is 2. The molecule has 48 valence electrons. The van der Waals surface area contributed by atoms with Gasteiger partial charge in [-0.3, -0.25) is 4.79 Å². The van der Waals surface area contributed by atoms with Crippen molar-refractivity contribution in [1.82, 2.24) is 0 Å². The van der Waals surface area contributed by atoms with Crippen LogP contribution < -0.4 is 0 Å². The predicted octanol–water partition coefficient (Wildman–Crippen LogP) is -0.277. The van der Waals surface area contributed by atoms with Crippen LogP contribution in [-0.4, -0.2) is 22.8 Å². The molecule has 0 atom stereocenters. The molecule has 0 radical (unpaired) electrons. The van der Waals surface area contributed by atoms with E-state index in [2.05, 4.69) is 4.89 Å². The van der Waals surface area contributed by atoms with E-state index in [-0.39, 0.29) is 6.47 Å². The molecular formula is C3H6O5. The van der Waals surface area contributed by atoms with Gasteiger partial charge >= 0.3 is 5.97 Å². The summed E-state index contributed by atoms with van der Waals surface area (Å²) in [6.45, 7) is 0.861. The zero-order valence-corrected chi connectivity index (χ0v) is 4.20. The lowest BCUT2D eigenvalue weighted by molar-refractivity contribution is -0.231. The molecule has 0 aliphatic carbocycles. The quantitative estimate of drug-likeness (QED) is 0.262. The Morgan fingerprint density at radius 2 is 1.88 bits per heavy atom. The van der Waals surface area contributed by atoms with Gasteiger partial charge in [-0.2, -0.15) is 5.26 Å². The van der Waals surface area contributed by atoms with Gasteiger partial charge in [0.2, 0.25) is 0 Å². The van der Waals surface area contributed by atoms with Crippen LogP contribution in [0.25, 0.3) is 0 Å². The highest BCUT2D eigenvalue weighted by Gasteiger charge is 1.79. The number of hydrogen-bond donors (Lipinski definition) is 2. The molecule has 0 aliphatic heterocycles. The van der Waals surface area contributed by atoms with Gasteiger partial charge < -0.3 is 9.99 Å². The molecule has 0 amide bonds. The second-order valence-electron chi connectivity index (χ2n) is 0.688. The number of rotatable bonds is 0. The fourth-order valence-corrected chi connectivity index (χ4v) is 0. The Bertz CT molecular complexity index is 68.1. The zero-order valence-electron chi connectivity index (χ0n) is 4.20. The fourth-order valence-electron chi connectivity index (χ4n) is 0. The van der Waals surface area contributed by atoms with Crippen LogP contribution in [0.5, 0.6) is 0 Å². The molecule has 0 aromatic rings. The van der Waals surface area contributed by atoms with Crippen molar-refractivity contribution in [3.63, 3.8) is 0 Å². The normalized spacial score (nSPS) is 5.75. The summed E-state index contributed by atoms with van der Waals surface area (Å²) in [6, 6.07) is 0. The molecule has 5 nitrogen and oxygen atoms in total. The van der Waals surface area contributed by atoms with Gasteiger partial charge in [0.25, 0.3) is 6.47 Å². The summed E-state index contributed by atoms with van der Waals surface area (Å²) in [5.41, 5.74) is 0. The second-order valence-corrected chi connectivity index (χ2v) is 0.688. The van der Waals surface area contributed by atoms with Crippen molar-refractivity contribution in [2.75, 3.05) is 0 Å². The highest BCUT2D eigenvalue weighted by molar-refractivity contribution is 5.64. The Morgan fingerprint density at radius 1 is 1.75 bits per heavy atom. The third-order valence-electron chi connectivity index (χ3n) is 0.129. The molecule has 0 spiro atoms. The van der Waals surface area contributed by atoms with Gasteiger partial charge in [-0.25, -0.2) is 4.79 Å². The number of hydrogen-bond acceptors (Lipinski definition) is 4. The lowest BCUT2D eigenvalue weighted by Gasteiger charge is -1.76. The molecule has 0 unspecified atom stereocenters. The third kappa shape index (κ3) is 92.0. The molecule has 0 aliphatic rings. The average Bonchev–Trinajstić information content (AvgIpc) is 1.69. The van der Waals surface area contributed by atoms with Gasteiger partial charge in [-0.05, 0) is 0 Å². The fraction of sp³-hybridized carbons (Fsp3) is 0.333. The van der Waals surface area contributed by atoms with Crippen molar-refractivity contribution in [1.29, 1.82) is 0 Å². The van der Waals surface area contributed by atoms with Gasteiger partial charge in [0.15, 0.2) is 0 Å². The molecule has 8 heavy (non-hydrogen) atoms. The maximum atomic E-state index is 9.34. The van der Waals surface area contributed by atoms with E-state index in [1.165, 1.54) is 0 Å². The van der Waals surface area contributed by atoms with Crippen molar-refractivity contribution in [2.45, 2.75) is 6.92 Å². The summed E-state index contributed by atoms with van der Waals surface area (Å²) >= 11 is 0. The van der Waals surface area contributed by atoms with Gasteiger partial charge in [-0.1, -0.05) is 0 Å². The molecule has 2 N–H and O–H groups in total. The number of carbonyl (C=O) groups excluding carboxylic acids is 1. The Hall–Kier alpha value is -1.10. The van der Waals surface area contributed by atoms with Gasteiger partial charge in [0, 0.05) is 6.92 Å². The summed E-state index contributed by atoms with van der Waals surface area (Å²) < 4.78 is 0. The third-order valence-corrected chi connectivity index (χ3v) is 0.129. The number of carboxylic acid groups (broad SMARTS) is 1. The van der Waals surface area contributed by atoms with E-state index < -0.39 is 5.97 Å². The topological polar surface area (TPSA) is 83.8 Å². The van der Waals surface area contributed by atoms with Crippen LogP contribution in [0.2, 0.25) is 0 Å². The second kappa shape index (κ2) is 9.31. The first-order valence-electron chi connectivity index (χ1n) is 1.58. The maximum Gasteiger partial charge on any atom is 0.339 e. The molecular weight excluding hydrogens is 116 g/mol. The standard InChI is InChI=1S/C2H4O3.CH2O2/c1-2(3)5-4;2-1-3/h4H,1H3;1H,(H,2,3). The van der Waals surface area contributed by atoms with Crippen LogP contribution in [0.3, 0.4) is 0 Å². The van der Waals surface area contributed by atoms with Crippen LogP contribution in [0.15, 0.2) is 0 Å². The van der Waals surface area contributed by atoms with Crippen molar-refractivity contribution < 1.29 is 24.8 Å². The first kappa shape index (κ1) is 10.0. The minimum atomic E-state index is -0.690. The molecule has 0 bridgehead atoms. The highest BCUT2D eigenvalue weighted by atomic mass is 17.1. The molecule has 5 heteroatoms. The van der Waals surface area contributed by atoms with Crippen LogP contribution in [0.1, 0.15) is 6.92 Å². The minimum absolute atomic E-state index is 0.250. The van der Waals surface area contributed by atoms with Crippen molar-refractivity contribution in [3.8, 4) is 0 Å². The molecule has 0 heterocycles. The van der Waals surface area contributed by atoms with E-state index in [1.807, 2.05) is 0 Å². The zero-order chi connectivity index (χ0) is 6.99. The van der Waals surface area contributed by atoms with Gasteiger partial charge in [0.1, 0.15) is 0 Å². The smallest absolute Gasteiger partial charge is 0.339 e. The molecule has 0 saturated carbocycles. The molecule has 0 rings (SSSR count).